The maximum absolute atomic E-state index is 4.50. The molecule has 1 aromatic heterocycles. The summed E-state index contributed by atoms with van der Waals surface area (Å²) < 4.78 is 2.07. The van der Waals surface area contributed by atoms with Crippen LogP contribution < -0.4 is 5.32 Å². The molecule has 0 unspecified atom stereocenters. The highest BCUT2D eigenvalue weighted by Crippen LogP contribution is 2.06. The number of hydrogen-bond donors (Lipinski definition) is 1. The van der Waals surface area contributed by atoms with Crippen molar-refractivity contribution in [2.24, 2.45) is 0 Å². The first-order valence-corrected chi connectivity index (χ1v) is 6.01. The van der Waals surface area contributed by atoms with Gasteiger partial charge in [0, 0.05) is 24.8 Å². The minimum absolute atomic E-state index is 0.950. The maximum Gasteiger partial charge on any atom is 0.0638 e. The normalized spacial score (nSPS) is 10.9. The van der Waals surface area contributed by atoms with Gasteiger partial charge in [0.25, 0.3) is 0 Å². The molecular formula is C12H23N3. The molecule has 3 nitrogen and oxygen atoms in total. The summed E-state index contributed by atoms with van der Waals surface area (Å²) in [5.41, 5.74) is 2.49. The number of unbranched alkanes of at least 4 members (excludes halogenated alkanes) is 1. The van der Waals surface area contributed by atoms with Gasteiger partial charge in [-0.25, -0.2) is 0 Å². The van der Waals surface area contributed by atoms with Gasteiger partial charge in [-0.15, -0.1) is 0 Å². The van der Waals surface area contributed by atoms with Crippen LogP contribution >= 0.6 is 0 Å². The Kier molecular flexibility index (Phi) is 5.40. The molecule has 0 saturated carbocycles. The van der Waals surface area contributed by atoms with Crippen molar-refractivity contribution >= 4 is 0 Å². The number of rotatable bonds is 7. The highest BCUT2D eigenvalue weighted by molar-refractivity contribution is 5.14. The molecule has 0 spiro atoms. The Hall–Kier alpha value is -0.830. The van der Waals surface area contributed by atoms with E-state index in [1.54, 1.807) is 0 Å². The summed E-state index contributed by atoms with van der Waals surface area (Å²) in [6, 6.07) is 0. The molecule has 0 aliphatic heterocycles. The van der Waals surface area contributed by atoms with E-state index in [4.69, 9.17) is 0 Å². The Morgan fingerprint density at radius 2 is 2.13 bits per heavy atom. The van der Waals surface area contributed by atoms with Crippen molar-refractivity contribution in [3.63, 3.8) is 0 Å². The fraction of sp³-hybridized carbons (Fsp3) is 0.750. The van der Waals surface area contributed by atoms with Crippen molar-refractivity contribution in [1.82, 2.24) is 15.1 Å². The predicted octanol–water partition coefficient (Wildman–Crippen LogP) is 2.49. The number of nitrogens with one attached hydrogen (secondary N) is 1. The van der Waals surface area contributed by atoms with Gasteiger partial charge in [0.15, 0.2) is 0 Å². The summed E-state index contributed by atoms with van der Waals surface area (Å²) in [5, 5.41) is 7.91. The molecule has 0 amide bonds. The highest BCUT2D eigenvalue weighted by atomic mass is 15.3. The molecule has 0 aliphatic carbocycles. The van der Waals surface area contributed by atoms with E-state index in [-0.39, 0.29) is 0 Å². The Morgan fingerprint density at radius 3 is 2.80 bits per heavy atom. The van der Waals surface area contributed by atoms with Crippen molar-refractivity contribution in [2.45, 2.75) is 53.1 Å². The van der Waals surface area contributed by atoms with Gasteiger partial charge in [-0.05, 0) is 26.3 Å². The minimum Gasteiger partial charge on any atom is -0.313 e. The molecule has 15 heavy (non-hydrogen) atoms. The monoisotopic (exact) mass is 209 g/mol. The summed E-state index contributed by atoms with van der Waals surface area (Å²) in [5.74, 6) is 0. The summed E-state index contributed by atoms with van der Waals surface area (Å²) in [6.45, 7) is 9.56. The van der Waals surface area contributed by atoms with Crippen molar-refractivity contribution in [2.75, 3.05) is 6.54 Å². The zero-order valence-corrected chi connectivity index (χ0v) is 10.2. The topological polar surface area (TPSA) is 29.9 Å². The van der Waals surface area contributed by atoms with Crippen LogP contribution in [0.2, 0.25) is 0 Å². The molecule has 1 aromatic rings. The standard InChI is InChI=1S/C12H23N3/c1-4-6-8-15-10-12(11(3)14-15)9-13-7-5-2/h10,13H,4-9H2,1-3H3. The lowest BCUT2D eigenvalue weighted by Gasteiger charge is -2.00. The smallest absolute Gasteiger partial charge is 0.0638 e. The average molecular weight is 209 g/mol. The zero-order chi connectivity index (χ0) is 11.1. The van der Waals surface area contributed by atoms with Crippen LogP contribution in [-0.4, -0.2) is 16.3 Å². The van der Waals surface area contributed by atoms with E-state index < -0.39 is 0 Å². The van der Waals surface area contributed by atoms with Crippen LogP contribution in [0.3, 0.4) is 0 Å². The van der Waals surface area contributed by atoms with Crippen LogP contribution in [0, 0.1) is 6.92 Å². The van der Waals surface area contributed by atoms with Gasteiger partial charge in [0.2, 0.25) is 0 Å². The third-order valence-electron chi connectivity index (χ3n) is 2.53. The highest BCUT2D eigenvalue weighted by Gasteiger charge is 2.03. The molecule has 0 atom stereocenters. The number of aryl methyl sites for hydroxylation is 2. The van der Waals surface area contributed by atoms with Crippen molar-refractivity contribution in [3.8, 4) is 0 Å². The summed E-state index contributed by atoms with van der Waals surface area (Å²) in [4.78, 5) is 0. The third-order valence-corrected chi connectivity index (χ3v) is 2.53. The van der Waals surface area contributed by atoms with Gasteiger partial charge >= 0.3 is 0 Å². The van der Waals surface area contributed by atoms with Gasteiger partial charge in [0.1, 0.15) is 0 Å². The predicted molar refractivity (Wildman–Crippen MR) is 63.9 cm³/mol. The molecule has 1 rings (SSSR count). The minimum atomic E-state index is 0.950. The van der Waals surface area contributed by atoms with Crippen molar-refractivity contribution < 1.29 is 0 Å². The molecule has 0 aliphatic rings. The number of aromatic nitrogens is 2. The van der Waals surface area contributed by atoms with E-state index in [9.17, 15) is 0 Å². The Morgan fingerprint density at radius 1 is 1.33 bits per heavy atom. The van der Waals surface area contributed by atoms with E-state index in [0.717, 1.165) is 25.3 Å². The second kappa shape index (κ2) is 6.62. The van der Waals surface area contributed by atoms with Crippen LogP contribution in [0.15, 0.2) is 6.20 Å². The SMILES string of the molecule is CCCCn1cc(CNCCC)c(C)n1. The van der Waals surface area contributed by atoms with Crippen LogP contribution in [0.25, 0.3) is 0 Å². The molecule has 0 radical (unpaired) electrons. The lowest BCUT2D eigenvalue weighted by molar-refractivity contribution is 0.568. The quantitative estimate of drug-likeness (QED) is 0.699. The van der Waals surface area contributed by atoms with E-state index in [1.807, 2.05) is 0 Å². The summed E-state index contributed by atoms with van der Waals surface area (Å²) >= 11 is 0. The fourth-order valence-electron chi connectivity index (χ4n) is 1.57. The molecule has 1 N–H and O–H groups in total. The molecule has 0 saturated heterocycles. The van der Waals surface area contributed by atoms with Crippen LogP contribution in [0.4, 0.5) is 0 Å². The zero-order valence-electron chi connectivity index (χ0n) is 10.2. The van der Waals surface area contributed by atoms with Crippen LogP contribution in [0.1, 0.15) is 44.4 Å². The Labute approximate surface area is 92.9 Å². The molecule has 1 heterocycles. The van der Waals surface area contributed by atoms with Crippen molar-refractivity contribution in [1.29, 1.82) is 0 Å². The van der Waals surface area contributed by atoms with E-state index >= 15 is 0 Å². The number of nitrogens with zero attached hydrogens (tertiary/aromatic N) is 2. The lowest BCUT2D eigenvalue weighted by Crippen LogP contribution is -2.13. The fourth-order valence-corrected chi connectivity index (χ4v) is 1.57. The molecule has 0 fully saturated rings. The average Bonchev–Trinajstić information content (AvgIpc) is 2.57. The first-order valence-electron chi connectivity index (χ1n) is 6.01. The summed E-state index contributed by atoms with van der Waals surface area (Å²) in [6.07, 6.45) is 5.79. The van der Waals surface area contributed by atoms with E-state index in [2.05, 4.69) is 42.1 Å². The largest absolute Gasteiger partial charge is 0.313 e. The molecule has 0 aromatic carbocycles. The maximum atomic E-state index is 4.50. The Bertz CT molecular complexity index is 278. The van der Waals surface area contributed by atoms with Gasteiger partial charge in [0.05, 0.1) is 5.69 Å². The lowest BCUT2D eigenvalue weighted by atomic mass is 10.2. The van der Waals surface area contributed by atoms with Crippen LogP contribution in [-0.2, 0) is 13.1 Å². The first-order chi connectivity index (χ1) is 7.27. The van der Waals surface area contributed by atoms with E-state index in [1.165, 1.54) is 24.8 Å². The molecular weight excluding hydrogens is 186 g/mol. The third kappa shape index (κ3) is 4.04. The summed E-state index contributed by atoms with van der Waals surface area (Å²) in [7, 11) is 0. The first kappa shape index (κ1) is 12.2. The Balaban J connectivity index is 2.45. The van der Waals surface area contributed by atoms with E-state index in [0.29, 0.717) is 0 Å². The van der Waals surface area contributed by atoms with Gasteiger partial charge < -0.3 is 5.32 Å². The molecule has 3 heteroatoms. The van der Waals surface area contributed by atoms with Crippen molar-refractivity contribution in [3.05, 3.63) is 17.5 Å². The van der Waals surface area contributed by atoms with Gasteiger partial charge in [-0.3, -0.25) is 4.68 Å². The number of hydrogen-bond acceptors (Lipinski definition) is 2. The molecule has 0 bridgehead atoms. The second-order valence-corrected chi connectivity index (χ2v) is 4.03. The molecule has 86 valence electrons. The van der Waals surface area contributed by atoms with Crippen LogP contribution in [0.5, 0.6) is 0 Å². The van der Waals surface area contributed by atoms with Gasteiger partial charge in [-0.1, -0.05) is 20.3 Å². The second-order valence-electron chi connectivity index (χ2n) is 4.03. The van der Waals surface area contributed by atoms with Gasteiger partial charge in [-0.2, -0.15) is 5.10 Å².